The van der Waals surface area contributed by atoms with Crippen molar-refractivity contribution in [2.24, 2.45) is 0 Å². The van der Waals surface area contributed by atoms with Crippen molar-refractivity contribution in [1.29, 1.82) is 0 Å². The van der Waals surface area contributed by atoms with Crippen molar-refractivity contribution in [3.63, 3.8) is 0 Å². The SMILES string of the molecule is O=C(O)C(F)(F)F.O=C(O)C1CC(F)(F)CN1. The first-order valence-electron chi connectivity index (χ1n) is 4.10. The molecule has 0 aliphatic carbocycles. The molecule has 0 saturated carbocycles. The summed E-state index contributed by atoms with van der Waals surface area (Å²) in [7, 11) is 0. The summed E-state index contributed by atoms with van der Waals surface area (Å²) in [6.45, 7) is -0.524. The molecule has 0 radical (unpaired) electrons. The molecule has 10 heteroatoms. The van der Waals surface area contributed by atoms with Crippen LogP contribution in [-0.2, 0) is 9.59 Å². The smallest absolute Gasteiger partial charge is 0.480 e. The Kier molecular flexibility index (Phi) is 4.81. The Morgan fingerprint density at radius 2 is 1.65 bits per heavy atom. The standard InChI is InChI=1S/C5H7F2NO2.C2HF3O2/c6-5(7)1-3(4(9)10)8-2-5;3-2(4,5)1(6)7/h3,8H,1-2H2,(H,9,10);(H,6,7). The van der Waals surface area contributed by atoms with E-state index in [1.807, 2.05) is 0 Å². The maximum atomic E-state index is 12.2. The molecule has 1 fully saturated rings. The van der Waals surface area contributed by atoms with Crippen LogP contribution >= 0.6 is 0 Å². The van der Waals surface area contributed by atoms with E-state index in [4.69, 9.17) is 15.0 Å². The summed E-state index contributed by atoms with van der Waals surface area (Å²) < 4.78 is 56.2. The summed E-state index contributed by atoms with van der Waals surface area (Å²) in [5.41, 5.74) is 0. The van der Waals surface area contributed by atoms with Gasteiger partial charge in [-0.15, -0.1) is 0 Å². The maximum absolute atomic E-state index is 12.2. The number of rotatable bonds is 1. The third-order valence-electron chi connectivity index (χ3n) is 1.65. The van der Waals surface area contributed by atoms with Crippen LogP contribution in [0.2, 0.25) is 0 Å². The van der Waals surface area contributed by atoms with Crippen molar-refractivity contribution >= 4 is 11.9 Å². The van der Waals surface area contributed by atoms with E-state index in [-0.39, 0.29) is 0 Å². The lowest BCUT2D eigenvalue weighted by Crippen LogP contribution is -2.30. The first-order chi connectivity index (χ1) is 7.46. The van der Waals surface area contributed by atoms with Gasteiger partial charge in [-0.3, -0.25) is 10.1 Å². The molecule has 1 unspecified atom stereocenters. The Bertz CT molecular complexity index is 303. The van der Waals surface area contributed by atoms with Crippen molar-refractivity contribution in [3.8, 4) is 0 Å². The van der Waals surface area contributed by atoms with Gasteiger partial charge in [-0.2, -0.15) is 13.2 Å². The van der Waals surface area contributed by atoms with Gasteiger partial charge >= 0.3 is 18.1 Å². The fraction of sp³-hybridized carbons (Fsp3) is 0.714. The number of carboxylic acid groups (broad SMARTS) is 2. The molecule has 1 saturated heterocycles. The summed E-state index contributed by atoms with van der Waals surface area (Å²) in [6, 6.07) is -1.07. The van der Waals surface area contributed by atoms with Crippen LogP contribution < -0.4 is 5.32 Å². The lowest BCUT2D eigenvalue weighted by atomic mass is 10.2. The zero-order valence-corrected chi connectivity index (χ0v) is 8.09. The predicted molar refractivity (Wildman–Crippen MR) is 42.7 cm³/mol. The lowest BCUT2D eigenvalue weighted by molar-refractivity contribution is -0.192. The molecule has 0 amide bonds. The number of hydrogen-bond acceptors (Lipinski definition) is 3. The predicted octanol–water partition coefficient (Wildman–Crippen LogP) is 0.702. The van der Waals surface area contributed by atoms with Gasteiger partial charge in [-0.25, -0.2) is 13.6 Å². The second-order valence-corrected chi connectivity index (χ2v) is 3.13. The average molecular weight is 265 g/mol. The fourth-order valence-corrected chi connectivity index (χ4v) is 0.890. The number of halogens is 5. The van der Waals surface area contributed by atoms with Crippen LogP contribution in [0, 0.1) is 0 Å². The third-order valence-corrected chi connectivity index (χ3v) is 1.65. The Balaban J connectivity index is 0.000000325. The van der Waals surface area contributed by atoms with E-state index in [9.17, 15) is 26.7 Å². The number of hydrogen-bond donors (Lipinski definition) is 3. The minimum absolute atomic E-state index is 0.524. The molecule has 0 spiro atoms. The summed E-state index contributed by atoms with van der Waals surface area (Å²) in [5.74, 6) is -6.81. The van der Waals surface area contributed by atoms with Crippen molar-refractivity contribution < 1.29 is 41.8 Å². The van der Waals surface area contributed by atoms with Gasteiger partial charge in [0.25, 0.3) is 5.92 Å². The van der Waals surface area contributed by atoms with E-state index in [2.05, 4.69) is 5.32 Å². The molecule has 1 aliphatic rings. The van der Waals surface area contributed by atoms with Gasteiger partial charge in [0, 0.05) is 6.42 Å². The molecule has 0 bridgehead atoms. The molecule has 0 aromatic heterocycles. The molecule has 17 heavy (non-hydrogen) atoms. The van der Waals surface area contributed by atoms with Crippen molar-refractivity contribution in [2.75, 3.05) is 6.54 Å². The number of carbonyl (C=O) groups is 2. The van der Waals surface area contributed by atoms with Crippen LogP contribution in [0.25, 0.3) is 0 Å². The van der Waals surface area contributed by atoms with Gasteiger partial charge in [0.15, 0.2) is 0 Å². The highest BCUT2D eigenvalue weighted by Gasteiger charge is 2.42. The molecular formula is C7H8F5NO4. The van der Waals surface area contributed by atoms with Crippen LogP contribution in [0.3, 0.4) is 0 Å². The van der Waals surface area contributed by atoms with E-state index in [0.717, 1.165) is 0 Å². The molecule has 1 aliphatic heterocycles. The molecule has 0 aromatic rings. The molecule has 1 heterocycles. The number of alkyl halides is 5. The van der Waals surface area contributed by atoms with Crippen molar-refractivity contribution in [3.05, 3.63) is 0 Å². The van der Waals surface area contributed by atoms with E-state index in [1.165, 1.54) is 0 Å². The molecule has 0 aromatic carbocycles. The second kappa shape index (κ2) is 5.25. The first kappa shape index (κ1) is 15.5. The van der Waals surface area contributed by atoms with Gasteiger partial charge < -0.3 is 10.2 Å². The highest BCUT2D eigenvalue weighted by atomic mass is 19.4. The average Bonchev–Trinajstić information content (AvgIpc) is 2.45. The van der Waals surface area contributed by atoms with E-state index < -0.39 is 43.0 Å². The summed E-state index contributed by atoms with van der Waals surface area (Å²) in [5, 5.41) is 17.6. The quantitative estimate of drug-likeness (QED) is 0.607. The minimum Gasteiger partial charge on any atom is -0.480 e. The van der Waals surface area contributed by atoms with Gasteiger partial charge in [-0.1, -0.05) is 0 Å². The van der Waals surface area contributed by atoms with E-state index in [1.54, 1.807) is 0 Å². The second-order valence-electron chi connectivity index (χ2n) is 3.13. The number of carboxylic acids is 2. The fourth-order valence-electron chi connectivity index (χ4n) is 0.890. The summed E-state index contributed by atoms with van der Waals surface area (Å²) in [4.78, 5) is 19.0. The Morgan fingerprint density at radius 1 is 1.24 bits per heavy atom. The molecule has 100 valence electrons. The topological polar surface area (TPSA) is 86.6 Å². The molecule has 1 atom stereocenters. The van der Waals surface area contributed by atoms with Gasteiger partial charge in [0.1, 0.15) is 6.04 Å². The maximum Gasteiger partial charge on any atom is 0.490 e. The van der Waals surface area contributed by atoms with Gasteiger partial charge in [0.2, 0.25) is 0 Å². The number of nitrogens with one attached hydrogen (secondary N) is 1. The van der Waals surface area contributed by atoms with Crippen LogP contribution in [0.15, 0.2) is 0 Å². The summed E-state index contributed by atoms with van der Waals surface area (Å²) >= 11 is 0. The zero-order chi connectivity index (χ0) is 13.9. The highest BCUT2D eigenvalue weighted by Crippen LogP contribution is 2.24. The zero-order valence-electron chi connectivity index (χ0n) is 8.09. The molecule has 5 nitrogen and oxygen atoms in total. The first-order valence-corrected chi connectivity index (χ1v) is 4.10. The lowest BCUT2D eigenvalue weighted by Gasteiger charge is -2.03. The molecule has 1 rings (SSSR count). The van der Waals surface area contributed by atoms with E-state index in [0.29, 0.717) is 0 Å². The van der Waals surface area contributed by atoms with Gasteiger partial charge in [0.05, 0.1) is 6.54 Å². The van der Waals surface area contributed by atoms with Crippen LogP contribution in [0.1, 0.15) is 6.42 Å². The molecular weight excluding hydrogens is 257 g/mol. The number of aliphatic carboxylic acids is 2. The van der Waals surface area contributed by atoms with E-state index >= 15 is 0 Å². The van der Waals surface area contributed by atoms with Crippen LogP contribution in [-0.4, -0.2) is 46.8 Å². The normalized spacial score (nSPS) is 22.5. The third kappa shape index (κ3) is 6.00. The minimum atomic E-state index is -5.08. The van der Waals surface area contributed by atoms with Crippen LogP contribution in [0.4, 0.5) is 22.0 Å². The van der Waals surface area contributed by atoms with Crippen molar-refractivity contribution in [2.45, 2.75) is 24.6 Å². The van der Waals surface area contributed by atoms with Crippen molar-refractivity contribution in [1.82, 2.24) is 5.32 Å². The Labute approximate surface area is 91.2 Å². The molecule has 3 N–H and O–H groups in total. The Morgan fingerprint density at radius 3 is 1.76 bits per heavy atom. The monoisotopic (exact) mass is 265 g/mol. The summed E-state index contributed by atoms with van der Waals surface area (Å²) in [6.07, 6.45) is -5.68. The van der Waals surface area contributed by atoms with Crippen LogP contribution in [0.5, 0.6) is 0 Å². The van der Waals surface area contributed by atoms with Gasteiger partial charge in [-0.05, 0) is 0 Å². The largest absolute Gasteiger partial charge is 0.490 e. The highest BCUT2D eigenvalue weighted by molar-refractivity contribution is 5.74. The Hall–Kier alpha value is -1.45.